The third-order valence-corrected chi connectivity index (χ3v) is 5.87. The van der Waals surface area contributed by atoms with Crippen molar-refractivity contribution < 1.29 is 8.42 Å². The van der Waals surface area contributed by atoms with Crippen molar-refractivity contribution in [3.63, 3.8) is 0 Å². The lowest BCUT2D eigenvalue weighted by Crippen LogP contribution is -2.45. The summed E-state index contributed by atoms with van der Waals surface area (Å²) in [6, 6.07) is 7.27. The van der Waals surface area contributed by atoms with Gasteiger partial charge in [0.05, 0.1) is 4.90 Å². The van der Waals surface area contributed by atoms with Crippen LogP contribution in [-0.2, 0) is 16.4 Å². The van der Waals surface area contributed by atoms with Crippen LogP contribution in [-0.4, -0.2) is 31.9 Å². The highest BCUT2D eigenvalue weighted by Crippen LogP contribution is 2.21. The normalized spacial score (nSPS) is 20.9. The zero-order chi connectivity index (χ0) is 15.5. The van der Waals surface area contributed by atoms with E-state index in [4.69, 9.17) is 5.73 Å². The smallest absolute Gasteiger partial charge is 0.243 e. The number of hydrogen-bond donors (Lipinski definition) is 1. The van der Waals surface area contributed by atoms with Crippen molar-refractivity contribution in [2.45, 2.75) is 50.5 Å². The van der Waals surface area contributed by atoms with Crippen molar-refractivity contribution in [3.05, 3.63) is 29.8 Å². The maximum atomic E-state index is 12.6. The van der Waals surface area contributed by atoms with Crippen LogP contribution in [0.1, 0.15) is 38.7 Å². The van der Waals surface area contributed by atoms with Crippen molar-refractivity contribution in [3.8, 4) is 0 Å². The molecular weight excluding hydrogens is 284 g/mol. The maximum Gasteiger partial charge on any atom is 0.243 e. The number of hydrogen-bond acceptors (Lipinski definition) is 3. The molecule has 2 N–H and O–H groups in total. The molecule has 0 aromatic heterocycles. The Morgan fingerprint density at radius 2 is 1.95 bits per heavy atom. The molecule has 1 aliphatic rings. The lowest BCUT2D eigenvalue weighted by atomic mass is 10.0. The highest BCUT2D eigenvalue weighted by atomic mass is 32.2. The Kier molecular flexibility index (Phi) is 5.41. The van der Waals surface area contributed by atoms with E-state index in [1.54, 1.807) is 12.1 Å². The van der Waals surface area contributed by atoms with Gasteiger partial charge in [-0.25, -0.2) is 8.42 Å². The number of rotatable bonds is 5. The summed E-state index contributed by atoms with van der Waals surface area (Å²) in [5.41, 5.74) is 7.08. The maximum absolute atomic E-state index is 12.6. The van der Waals surface area contributed by atoms with E-state index < -0.39 is 10.0 Å². The highest BCUT2D eigenvalue weighted by molar-refractivity contribution is 7.89. The van der Waals surface area contributed by atoms with Crippen LogP contribution in [0.4, 0.5) is 0 Å². The van der Waals surface area contributed by atoms with Gasteiger partial charge in [-0.15, -0.1) is 0 Å². The van der Waals surface area contributed by atoms with Crippen LogP contribution in [0.2, 0.25) is 0 Å². The third kappa shape index (κ3) is 4.28. The summed E-state index contributed by atoms with van der Waals surface area (Å²) in [6.07, 6.45) is 3.85. The monoisotopic (exact) mass is 310 g/mol. The number of nitrogens with two attached hydrogens (primary N) is 1. The molecule has 118 valence electrons. The topological polar surface area (TPSA) is 63.4 Å². The van der Waals surface area contributed by atoms with Gasteiger partial charge in [-0.3, -0.25) is 0 Å². The molecule has 1 aromatic rings. The molecule has 0 bridgehead atoms. The zero-order valence-electron chi connectivity index (χ0n) is 13.0. The summed E-state index contributed by atoms with van der Waals surface area (Å²) in [6.45, 7) is 5.39. The molecule has 0 amide bonds. The van der Waals surface area contributed by atoms with Gasteiger partial charge in [-0.1, -0.05) is 26.0 Å². The minimum Gasteiger partial charge on any atom is -0.327 e. The van der Waals surface area contributed by atoms with E-state index in [2.05, 4.69) is 13.8 Å². The molecule has 4 nitrogen and oxygen atoms in total. The molecule has 1 heterocycles. The fourth-order valence-corrected chi connectivity index (χ4v) is 4.16. The first-order valence-electron chi connectivity index (χ1n) is 7.74. The summed E-state index contributed by atoms with van der Waals surface area (Å²) in [4.78, 5) is 0.380. The van der Waals surface area contributed by atoms with Crippen LogP contribution in [0.5, 0.6) is 0 Å². The van der Waals surface area contributed by atoms with Gasteiger partial charge in [0.25, 0.3) is 0 Å². The molecule has 1 fully saturated rings. The fraction of sp³-hybridized carbons (Fsp3) is 0.625. The van der Waals surface area contributed by atoms with E-state index >= 15 is 0 Å². The summed E-state index contributed by atoms with van der Waals surface area (Å²) in [5, 5.41) is 0. The van der Waals surface area contributed by atoms with Gasteiger partial charge in [0.1, 0.15) is 0 Å². The predicted molar refractivity (Wildman–Crippen MR) is 85.6 cm³/mol. The van der Waals surface area contributed by atoms with Crippen LogP contribution in [0.15, 0.2) is 29.2 Å². The van der Waals surface area contributed by atoms with Gasteiger partial charge >= 0.3 is 0 Å². The Hall–Kier alpha value is -0.910. The molecule has 1 saturated heterocycles. The van der Waals surface area contributed by atoms with Crippen molar-refractivity contribution in [1.82, 2.24) is 4.31 Å². The van der Waals surface area contributed by atoms with Crippen LogP contribution in [0.25, 0.3) is 0 Å². The van der Waals surface area contributed by atoms with Crippen molar-refractivity contribution in [1.29, 1.82) is 0 Å². The van der Waals surface area contributed by atoms with E-state index in [-0.39, 0.29) is 6.04 Å². The average Bonchev–Trinajstić information content (AvgIpc) is 2.45. The zero-order valence-corrected chi connectivity index (χ0v) is 13.8. The predicted octanol–water partition coefficient (Wildman–Crippen LogP) is 2.39. The molecule has 0 radical (unpaired) electrons. The second kappa shape index (κ2) is 6.90. The quantitative estimate of drug-likeness (QED) is 0.908. The van der Waals surface area contributed by atoms with Crippen LogP contribution < -0.4 is 5.73 Å². The van der Waals surface area contributed by atoms with E-state index in [1.807, 2.05) is 12.1 Å². The first-order chi connectivity index (χ1) is 9.89. The molecule has 1 aromatic carbocycles. The molecule has 1 aliphatic heterocycles. The largest absolute Gasteiger partial charge is 0.327 e. The molecule has 21 heavy (non-hydrogen) atoms. The Morgan fingerprint density at radius 3 is 2.52 bits per heavy atom. The van der Waals surface area contributed by atoms with Crippen LogP contribution >= 0.6 is 0 Å². The Bertz CT molecular complexity index is 552. The van der Waals surface area contributed by atoms with Crippen molar-refractivity contribution >= 4 is 10.0 Å². The van der Waals surface area contributed by atoms with E-state index in [1.165, 1.54) is 9.87 Å². The first kappa shape index (κ1) is 16.5. The van der Waals surface area contributed by atoms with Crippen molar-refractivity contribution in [2.24, 2.45) is 11.7 Å². The molecule has 1 atom stereocenters. The number of nitrogens with zero attached hydrogens (tertiary/aromatic N) is 1. The van der Waals surface area contributed by atoms with Crippen molar-refractivity contribution in [2.75, 3.05) is 13.1 Å². The summed E-state index contributed by atoms with van der Waals surface area (Å²) in [5.74, 6) is 0.656. The third-order valence-electron chi connectivity index (χ3n) is 3.99. The molecule has 5 heteroatoms. The molecule has 0 aliphatic carbocycles. The molecular formula is C16H26N2O2S. The number of benzene rings is 1. The Balaban J connectivity index is 2.09. The van der Waals surface area contributed by atoms with Gasteiger partial charge in [0.15, 0.2) is 0 Å². The van der Waals surface area contributed by atoms with Gasteiger partial charge in [-0.2, -0.15) is 4.31 Å². The van der Waals surface area contributed by atoms with E-state index in [0.29, 0.717) is 23.9 Å². The van der Waals surface area contributed by atoms with Gasteiger partial charge in [0.2, 0.25) is 10.0 Å². The lowest BCUT2D eigenvalue weighted by Gasteiger charge is -2.29. The number of piperidine rings is 1. The standard InChI is InChI=1S/C16H26N2O2S/c1-13(2)5-6-14-7-9-16(10-8-14)21(19,20)18-11-3-4-15(17)12-18/h7-10,13,15H,3-6,11-12,17H2,1-2H3. The van der Waals surface area contributed by atoms with E-state index in [9.17, 15) is 8.42 Å². The van der Waals surface area contributed by atoms with E-state index in [0.717, 1.165) is 25.7 Å². The van der Waals surface area contributed by atoms with Crippen LogP contribution in [0.3, 0.4) is 0 Å². The van der Waals surface area contributed by atoms with Gasteiger partial charge in [0, 0.05) is 19.1 Å². The minimum atomic E-state index is -3.39. The number of aryl methyl sites for hydroxylation is 1. The Morgan fingerprint density at radius 1 is 1.29 bits per heavy atom. The summed E-state index contributed by atoms with van der Waals surface area (Å²) in [7, 11) is -3.39. The second-order valence-electron chi connectivity index (χ2n) is 6.34. The molecule has 1 unspecified atom stereocenters. The SMILES string of the molecule is CC(C)CCc1ccc(S(=O)(=O)N2CCCC(N)C2)cc1. The number of sulfonamides is 1. The fourth-order valence-electron chi connectivity index (χ4n) is 2.62. The van der Waals surface area contributed by atoms with Gasteiger partial charge in [-0.05, 0) is 49.3 Å². The van der Waals surface area contributed by atoms with Gasteiger partial charge < -0.3 is 5.73 Å². The molecule has 2 rings (SSSR count). The second-order valence-corrected chi connectivity index (χ2v) is 8.28. The molecule has 0 spiro atoms. The average molecular weight is 310 g/mol. The summed E-state index contributed by atoms with van der Waals surface area (Å²) >= 11 is 0. The summed E-state index contributed by atoms with van der Waals surface area (Å²) < 4.78 is 26.7. The lowest BCUT2D eigenvalue weighted by molar-refractivity contribution is 0.316. The minimum absolute atomic E-state index is 0.0427. The first-order valence-corrected chi connectivity index (χ1v) is 9.18. The highest BCUT2D eigenvalue weighted by Gasteiger charge is 2.28. The Labute approximate surface area is 128 Å². The molecule has 0 saturated carbocycles. The van der Waals surface area contributed by atoms with Crippen LogP contribution in [0, 0.1) is 5.92 Å².